The number of nitrogens with zero attached hydrogens (tertiary/aromatic N) is 1. The van der Waals surface area contributed by atoms with Crippen molar-refractivity contribution < 1.29 is 14.3 Å². The van der Waals surface area contributed by atoms with Gasteiger partial charge < -0.3 is 15.0 Å². The fourth-order valence-electron chi connectivity index (χ4n) is 2.58. The average Bonchev–Trinajstić information content (AvgIpc) is 3.16. The van der Waals surface area contributed by atoms with Crippen molar-refractivity contribution >= 4 is 11.8 Å². The van der Waals surface area contributed by atoms with Gasteiger partial charge in [-0.25, -0.2) is 0 Å². The molecule has 0 aromatic rings. The molecule has 108 valence electrons. The van der Waals surface area contributed by atoms with Crippen molar-refractivity contribution in [1.29, 1.82) is 0 Å². The fraction of sp³-hybridized carbons (Fsp3) is 0.857. The monoisotopic (exact) mass is 268 g/mol. The van der Waals surface area contributed by atoms with Gasteiger partial charge in [0.05, 0.1) is 12.1 Å². The smallest absolute Gasteiger partial charge is 0.248 e. The molecule has 5 nitrogen and oxygen atoms in total. The molecule has 19 heavy (non-hydrogen) atoms. The summed E-state index contributed by atoms with van der Waals surface area (Å²) in [6.45, 7) is 6.57. The van der Waals surface area contributed by atoms with E-state index in [0.29, 0.717) is 12.5 Å². The molecule has 0 aromatic carbocycles. The summed E-state index contributed by atoms with van der Waals surface area (Å²) in [5.41, 5.74) is -0.962. The van der Waals surface area contributed by atoms with Crippen molar-refractivity contribution in [2.45, 2.75) is 51.2 Å². The van der Waals surface area contributed by atoms with E-state index in [0.717, 1.165) is 19.3 Å². The Morgan fingerprint density at radius 3 is 2.58 bits per heavy atom. The van der Waals surface area contributed by atoms with E-state index in [1.54, 1.807) is 12.0 Å². The van der Waals surface area contributed by atoms with E-state index >= 15 is 0 Å². The molecule has 1 atom stereocenters. The first-order valence-corrected chi connectivity index (χ1v) is 6.94. The minimum absolute atomic E-state index is 0.0516. The lowest BCUT2D eigenvalue weighted by Crippen LogP contribution is -2.66. The first-order valence-electron chi connectivity index (χ1n) is 6.94. The molecule has 1 saturated heterocycles. The summed E-state index contributed by atoms with van der Waals surface area (Å²) in [7, 11) is 1.67. The van der Waals surface area contributed by atoms with Gasteiger partial charge in [-0.3, -0.25) is 9.59 Å². The molecule has 1 N–H and O–H groups in total. The number of rotatable bonds is 5. The largest absolute Gasteiger partial charge is 0.379 e. The Morgan fingerprint density at radius 2 is 2.05 bits per heavy atom. The van der Waals surface area contributed by atoms with E-state index in [1.807, 2.05) is 20.8 Å². The predicted molar refractivity (Wildman–Crippen MR) is 71.6 cm³/mol. The number of hydrogen-bond acceptors (Lipinski definition) is 3. The van der Waals surface area contributed by atoms with E-state index < -0.39 is 5.54 Å². The Balaban J connectivity index is 2.04. The molecule has 1 aliphatic heterocycles. The van der Waals surface area contributed by atoms with Gasteiger partial charge in [-0.1, -0.05) is 0 Å². The molecule has 0 aromatic heterocycles. The lowest BCUT2D eigenvalue weighted by Gasteiger charge is -2.41. The zero-order valence-electron chi connectivity index (χ0n) is 12.3. The summed E-state index contributed by atoms with van der Waals surface area (Å²) in [6, 6.07) is 0. The Morgan fingerprint density at radius 1 is 1.42 bits per heavy atom. The number of piperazine rings is 1. The van der Waals surface area contributed by atoms with Crippen molar-refractivity contribution in [1.82, 2.24) is 10.2 Å². The fourth-order valence-corrected chi connectivity index (χ4v) is 2.58. The van der Waals surface area contributed by atoms with Crippen LogP contribution >= 0.6 is 0 Å². The van der Waals surface area contributed by atoms with Gasteiger partial charge in [-0.05, 0) is 46.0 Å². The van der Waals surface area contributed by atoms with E-state index in [1.165, 1.54) is 0 Å². The van der Waals surface area contributed by atoms with Crippen LogP contribution in [0.2, 0.25) is 0 Å². The van der Waals surface area contributed by atoms with Crippen LogP contribution in [0.25, 0.3) is 0 Å². The molecule has 2 amide bonds. The van der Waals surface area contributed by atoms with Crippen LogP contribution in [0.5, 0.6) is 0 Å². The number of carbonyl (C=O) groups is 2. The molecule has 5 heteroatoms. The van der Waals surface area contributed by atoms with Crippen molar-refractivity contribution in [2.24, 2.45) is 5.92 Å². The van der Waals surface area contributed by atoms with Crippen LogP contribution in [0, 0.1) is 5.92 Å². The second-order valence-electron chi connectivity index (χ2n) is 6.47. The van der Waals surface area contributed by atoms with Crippen LogP contribution in [0.3, 0.4) is 0 Å². The topological polar surface area (TPSA) is 58.6 Å². The predicted octanol–water partition coefficient (Wildman–Crippen LogP) is 0.929. The van der Waals surface area contributed by atoms with Gasteiger partial charge >= 0.3 is 0 Å². The van der Waals surface area contributed by atoms with E-state index in [9.17, 15) is 9.59 Å². The van der Waals surface area contributed by atoms with E-state index in [4.69, 9.17) is 4.74 Å². The van der Waals surface area contributed by atoms with Crippen LogP contribution in [-0.2, 0) is 14.3 Å². The molecular formula is C14H24N2O3. The number of carbonyl (C=O) groups excluding carboxylic acids is 2. The van der Waals surface area contributed by atoms with Gasteiger partial charge in [0.15, 0.2) is 0 Å². The number of ether oxygens (including phenoxy) is 1. The quantitative estimate of drug-likeness (QED) is 0.807. The number of amides is 2. The van der Waals surface area contributed by atoms with Gasteiger partial charge in [-0.15, -0.1) is 0 Å². The standard InChI is InChI=1S/C14H24N2O3/c1-13(2,19-4)7-8-16-9-11(17)15-14(3,12(16)18)10-5-6-10/h10H,5-9H2,1-4H3,(H,15,17). The highest BCUT2D eigenvalue weighted by Gasteiger charge is 2.52. The maximum atomic E-state index is 12.5. The van der Waals surface area contributed by atoms with E-state index in [-0.39, 0.29) is 24.0 Å². The molecule has 1 saturated carbocycles. The third-order valence-electron chi connectivity index (χ3n) is 4.40. The first-order chi connectivity index (χ1) is 8.78. The van der Waals surface area contributed by atoms with Crippen molar-refractivity contribution in [3.63, 3.8) is 0 Å². The molecule has 2 rings (SSSR count). The van der Waals surface area contributed by atoms with Gasteiger partial charge in [0, 0.05) is 13.7 Å². The van der Waals surface area contributed by atoms with Gasteiger partial charge in [0.1, 0.15) is 5.54 Å². The molecule has 1 heterocycles. The molecule has 2 fully saturated rings. The Kier molecular flexibility index (Phi) is 3.60. The van der Waals surface area contributed by atoms with E-state index in [2.05, 4.69) is 5.32 Å². The Bertz CT molecular complexity index is 390. The molecule has 1 aliphatic carbocycles. The average molecular weight is 268 g/mol. The zero-order valence-corrected chi connectivity index (χ0v) is 12.3. The minimum atomic E-state index is -0.688. The highest BCUT2D eigenvalue weighted by molar-refractivity contribution is 5.98. The highest BCUT2D eigenvalue weighted by Crippen LogP contribution is 2.41. The molecule has 0 spiro atoms. The van der Waals surface area contributed by atoms with Gasteiger partial charge in [0.25, 0.3) is 0 Å². The van der Waals surface area contributed by atoms with Crippen molar-refractivity contribution in [3.05, 3.63) is 0 Å². The minimum Gasteiger partial charge on any atom is -0.379 e. The Hall–Kier alpha value is -1.10. The third-order valence-corrected chi connectivity index (χ3v) is 4.40. The normalized spacial score (nSPS) is 28.5. The molecule has 0 bridgehead atoms. The van der Waals surface area contributed by atoms with Crippen LogP contribution in [0.15, 0.2) is 0 Å². The number of nitrogens with one attached hydrogen (secondary N) is 1. The summed E-state index contributed by atoms with van der Waals surface area (Å²) in [4.78, 5) is 26.1. The maximum absolute atomic E-state index is 12.5. The van der Waals surface area contributed by atoms with Crippen molar-refractivity contribution in [2.75, 3.05) is 20.2 Å². The molecular weight excluding hydrogens is 244 g/mol. The van der Waals surface area contributed by atoms with Crippen LogP contribution < -0.4 is 5.32 Å². The molecule has 2 aliphatic rings. The summed E-state index contributed by atoms with van der Waals surface area (Å²) in [5, 5.41) is 2.88. The second kappa shape index (κ2) is 4.78. The van der Waals surface area contributed by atoms with Gasteiger partial charge in [0.2, 0.25) is 11.8 Å². The second-order valence-corrected chi connectivity index (χ2v) is 6.47. The Labute approximate surface area is 114 Å². The molecule has 1 unspecified atom stereocenters. The lowest BCUT2D eigenvalue weighted by atomic mass is 9.91. The lowest BCUT2D eigenvalue weighted by molar-refractivity contribution is -0.150. The highest BCUT2D eigenvalue weighted by atomic mass is 16.5. The first kappa shape index (κ1) is 14.3. The zero-order chi connectivity index (χ0) is 14.3. The third kappa shape index (κ3) is 2.91. The summed E-state index contributed by atoms with van der Waals surface area (Å²) < 4.78 is 5.36. The van der Waals surface area contributed by atoms with Crippen LogP contribution in [-0.4, -0.2) is 48.1 Å². The van der Waals surface area contributed by atoms with Crippen LogP contribution in [0.1, 0.15) is 40.0 Å². The van der Waals surface area contributed by atoms with Gasteiger partial charge in [-0.2, -0.15) is 0 Å². The van der Waals surface area contributed by atoms with Crippen LogP contribution in [0.4, 0.5) is 0 Å². The van der Waals surface area contributed by atoms with Crippen molar-refractivity contribution in [3.8, 4) is 0 Å². The number of methoxy groups -OCH3 is 1. The SMILES string of the molecule is COC(C)(C)CCN1CC(=O)NC(C)(C2CC2)C1=O. The number of hydrogen-bond donors (Lipinski definition) is 1. The summed E-state index contributed by atoms with van der Waals surface area (Å²) >= 11 is 0. The maximum Gasteiger partial charge on any atom is 0.248 e. The molecule has 0 radical (unpaired) electrons. The summed E-state index contributed by atoms with van der Waals surface area (Å²) in [6.07, 6.45) is 2.78. The summed E-state index contributed by atoms with van der Waals surface area (Å²) in [5.74, 6) is 0.313.